The Labute approximate surface area is 164 Å². The SMILES string of the molecule is CCOC(=O)c1sc(SCC(=O)Nc2ccc(OC)cc2)c(C(N)=O)c1N. The summed E-state index contributed by atoms with van der Waals surface area (Å²) in [5.41, 5.74) is 11.9. The summed E-state index contributed by atoms with van der Waals surface area (Å²) in [6.07, 6.45) is 0. The second-order valence-corrected chi connectivity index (χ2v) is 7.42. The smallest absolute Gasteiger partial charge is 0.350 e. The van der Waals surface area contributed by atoms with Gasteiger partial charge in [-0.25, -0.2) is 4.79 Å². The lowest BCUT2D eigenvalue weighted by Gasteiger charge is -2.06. The third-order valence-electron chi connectivity index (χ3n) is 3.33. The van der Waals surface area contributed by atoms with E-state index in [0.717, 1.165) is 23.1 Å². The van der Waals surface area contributed by atoms with Crippen molar-refractivity contribution in [3.05, 3.63) is 34.7 Å². The molecule has 0 saturated heterocycles. The molecule has 0 aliphatic rings. The van der Waals surface area contributed by atoms with Gasteiger partial charge in [-0.05, 0) is 31.2 Å². The van der Waals surface area contributed by atoms with Gasteiger partial charge in [0.2, 0.25) is 5.91 Å². The number of anilines is 2. The van der Waals surface area contributed by atoms with Crippen LogP contribution in [0.1, 0.15) is 27.0 Å². The summed E-state index contributed by atoms with van der Waals surface area (Å²) in [6.45, 7) is 1.84. The van der Waals surface area contributed by atoms with Gasteiger partial charge in [0.25, 0.3) is 5.91 Å². The van der Waals surface area contributed by atoms with Crippen LogP contribution >= 0.6 is 23.1 Å². The number of thiophene rings is 1. The number of amides is 2. The molecule has 0 aliphatic carbocycles. The standard InChI is InChI=1S/C17H19N3O5S2/c1-3-25-16(23)14-13(18)12(15(19)22)17(27-14)26-8-11(21)20-9-4-6-10(24-2)7-5-9/h4-7H,3,8,18H2,1-2H3,(H2,19,22)(H,20,21). The van der Waals surface area contributed by atoms with E-state index in [-0.39, 0.29) is 34.4 Å². The molecule has 0 saturated carbocycles. The third kappa shape index (κ3) is 5.14. The Morgan fingerprint density at radius 3 is 2.44 bits per heavy atom. The van der Waals surface area contributed by atoms with Crippen LogP contribution in [0.2, 0.25) is 0 Å². The molecule has 2 aromatic rings. The number of nitrogen functional groups attached to an aromatic ring is 1. The number of benzene rings is 1. The van der Waals surface area contributed by atoms with E-state index in [1.165, 1.54) is 0 Å². The van der Waals surface area contributed by atoms with Crippen molar-refractivity contribution >= 4 is 52.3 Å². The van der Waals surface area contributed by atoms with Crippen molar-refractivity contribution < 1.29 is 23.9 Å². The fraction of sp³-hybridized carbons (Fsp3) is 0.235. The maximum atomic E-state index is 12.2. The van der Waals surface area contributed by atoms with Gasteiger partial charge in [0.15, 0.2) is 0 Å². The predicted octanol–water partition coefficient (Wildman–Crippen LogP) is 2.35. The Morgan fingerprint density at radius 1 is 1.22 bits per heavy atom. The zero-order chi connectivity index (χ0) is 20.0. The number of hydrogen-bond donors (Lipinski definition) is 3. The van der Waals surface area contributed by atoms with Gasteiger partial charge in [0.05, 0.1) is 34.9 Å². The Hall–Kier alpha value is -2.72. The molecule has 1 aromatic heterocycles. The Bertz CT molecular complexity index is 849. The molecule has 27 heavy (non-hydrogen) atoms. The first-order chi connectivity index (χ1) is 12.9. The minimum atomic E-state index is -0.766. The van der Waals surface area contributed by atoms with Crippen LogP contribution in [0.15, 0.2) is 28.5 Å². The summed E-state index contributed by atoms with van der Waals surface area (Å²) < 4.78 is 10.4. The van der Waals surface area contributed by atoms with Crippen LogP contribution in [-0.4, -0.2) is 37.3 Å². The van der Waals surface area contributed by atoms with Crippen molar-refractivity contribution in [2.24, 2.45) is 5.73 Å². The van der Waals surface area contributed by atoms with E-state index in [4.69, 9.17) is 20.9 Å². The van der Waals surface area contributed by atoms with Crippen LogP contribution in [-0.2, 0) is 9.53 Å². The maximum Gasteiger partial charge on any atom is 0.350 e. The van der Waals surface area contributed by atoms with Gasteiger partial charge in [0, 0.05) is 5.69 Å². The number of nitrogens with one attached hydrogen (secondary N) is 1. The number of carbonyl (C=O) groups is 3. The van der Waals surface area contributed by atoms with Crippen LogP contribution < -0.4 is 21.5 Å². The van der Waals surface area contributed by atoms with Crippen LogP contribution in [0.3, 0.4) is 0 Å². The van der Waals surface area contributed by atoms with Gasteiger partial charge in [-0.1, -0.05) is 0 Å². The largest absolute Gasteiger partial charge is 0.497 e. The third-order valence-corrected chi connectivity index (χ3v) is 5.78. The first-order valence-corrected chi connectivity index (χ1v) is 9.63. The fourth-order valence-electron chi connectivity index (χ4n) is 2.11. The summed E-state index contributed by atoms with van der Waals surface area (Å²) in [4.78, 5) is 35.9. The number of primary amides is 1. The van der Waals surface area contributed by atoms with Gasteiger partial charge in [-0.2, -0.15) is 0 Å². The van der Waals surface area contributed by atoms with E-state index in [2.05, 4.69) is 5.32 Å². The zero-order valence-electron chi connectivity index (χ0n) is 14.7. The fourth-order valence-corrected chi connectivity index (χ4v) is 4.31. The lowest BCUT2D eigenvalue weighted by Crippen LogP contribution is -2.16. The average molecular weight is 409 g/mol. The average Bonchev–Trinajstić information content (AvgIpc) is 2.97. The van der Waals surface area contributed by atoms with Gasteiger partial charge in [-0.3, -0.25) is 9.59 Å². The number of esters is 1. The maximum absolute atomic E-state index is 12.2. The topological polar surface area (TPSA) is 134 Å². The quantitative estimate of drug-likeness (QED) is 0.450. The summed E-state index contributed by atoms with van der Waals surface area (Å²) in [5.74, 6) is -0.997. The van der Waals surface area contributed by atoms with Crippen molar-refractivity contribution in [2.45, 2.75) is 11.1 Å². The molecule has 144 valence electrons. The molecule has 1 heterocycles. The monoisotopic (exact) mass is 409 g/mol. The number of nitrogens with two attached hydrogens (primary N) is 2. The molecule has 0 radical (unpaired) electrons. The highest BCUT2D eigenvalue weighted by molar-refractivity contribution is 8.01. The first kappa shape index (κ1) is 20.6. The van der Waals surface area contributed by atoms with Crippen LogP contribution in [0.5, 0.6) is 5.75 Å². The number of thioether (sulfide) groups is 1. The second-order valence-electron chi connectivity index (χ2n) is 5.16. The molecule has 8 nitrogen and oxygen atoms in total. The molecule has 0 spiro atoms. The van der Waals surface area contributed by atoms with E-state index in [9.17, 15) is 14.4 Å². The highest BCUT2D eigenvalue weighted by Crippen LogP contribution is 2.38. The van der Waals surface area contributed by atoms with E-state index >= 15 is 0 Å². The minimum Gasteiger partial charge on any atom is -0.497 e. The first-order valence-electron chi connectivity index (χ1n) is 7.83. The highest BCUT2D eigenvalue weighted by atomic mass is 32.2. The van der Waals surface area contributed by atoms with Crippen LogP contribution in [0, 0.1) is 0 Å². The van der Waals surface area contributed by atoms with Crippen molar-refractivity contribution in [2.75, 3.05) is 30.5 Å². The Balaban J connectivity index is 2.09. The summed E-state index contributed by atoms with van der Waals surface area (Å²) >= 11 is 2.06. The molecule has 10 heteroatoms. The van der Waals surface area contributed by atoms with E-state index in [1.807, 2.05) is 0 Å². The second kappa shape index (κ2) is 9.28. The zero-order valence-corrected chi connectivity index (χ0v) is 16.4. The number of hydrogen-bond acceptors (Lipinski definition) is 8. The van der Waals surface area contributed by atoms with Gasteiger partial charge >= 0.3 is 5.97 Å². The summed E-state index contributed by atoms with van der Waals surface area (Å²) in [7, 11) is 1.55. The molecule has 0 bridgehead atoms. The lowest BCUT2D eigenvalue weighted by atomic mass is 10.2. The molecule has 2 rings (SSSR count). The van der Waals surface area contributed by atoms with Crippen molar-refractivity contribution in [1.29, 1.82) is 0 Å². The summed E-state index contributed by atoms with van der Waals surface area (Å²) in [5, 5.41) is 2.73. The molecular weight excluding hydrogens is 390 g/mol. The Morgan fingerprint density at radius 2 is 1.89 bits per heavy atom. The highest BCUT2D eigenvalue weighted by Gasteiger charge is 2.25. The van der Waals surface area contributed by atoms with E-state index < -0.39 is 11.9 Å². The molecule has 0 fully saturated rings. The summed E-state index contributed by atoms with van der Waals surface area (Å²) in [6, 6.07) is 6.86. The van der Waals surface area contributed by atoms with Gasteiger partial charge in [-0.15, -0.1) is 23.1 Å². The van der Waals surface area contributed by atoms with Crippen LogP contribution in [0.25, 0.3) is 0 Å². The Kier molecular flexibility index (Phi) is 7.08. The van der Waals surface area contributed by atoms with E-state index in [0.29, 0.717) is 15.6 Å². The molecule has 1 aromatic carbocycles. The van der Waals surface area contributed by atoms with Gasteiger partial charge < -0.3 is 26.3 Å². The van der Waals surface area contributed by atoms with Gasteiger partial charge in [0.1, 0.15) is 10.6 Å². The number of methoxy groups -OCH3 is 1. The predicted molar refractivity (Wildman–Crippen MR) is 106 cm³/mol. The van der Waals surface area contributed by atoms with Crippen molar-refractivity contribution in [3.8, 4) is 5.75 Å². The number of rotatable bonds is 8. The number of carbonyl (C=O) groups excluding carboxylic acids is 3. The molecule has 0 unspecified atom stereocenters. The minimum absolute atomic E-state index is 0.00846. The van der Waals surface area contributed by atoms with E-state index in [1.54, 1.807) is 38.3 Å². The van der Waals surface area contributed by atoms with Crippen molar-refractivity contribution in [3.63, 3.8) is 0 Å². The van der Waals surface area contributed by atoms with Crippen LogP contribution in [0.4, 0.5) is 11.4 Å². The normalized spacial score (nSPS) is 10.3. The number of ether oxygens (including phenoxy) is 2. The molecular formula is C17H19N3O5S2. The molecule has 2 amide bonds. The molecule has 0 aliphatic heterocycles. The van der Waals surface area contributed by atoms with Crippen molar-refractivity contribution in [1.82, 2.24) is 0 Å². The molecule has 5 N–H and O–H groups in total. The molecule has 0 atom stereocenters. The lowest BCUT2D eigenvalue weighted by molar-refractivity contribution is -0.113.